The van der Waals surface area contributed by atoms with Crippen LogP contribution in [0.3, 0.4) is 0 Å². The van der Waals surface area contributed by atoms with Crippen LogP contribution in [0, 0.1) is 0 Å². The van der Waals surface area contributed by atoms with Gasteiger partial charge in [0.25, 0.3) is 0 Å². The Kier molecular flexibility index (Phi) is 2.39. The predicted octanol–water partition coefficient (Wildman–Crippen LogP) is 3.28. The van der Waals surface area contributed by atoms with Gasteiger partial charge in [-0.15, -0.1) is 0 Å². The molecule has 0 aliphatic heterocycles. The van der Waals surface area contributed by atoms with E-state index < -0.39 is 0 Å². The summed E-state index contributed by atoms with van der Waals surface area (Å²) in [6.07, 6.45) is 8.77. The number of aromatic nitrogens is 2. The summed E-state index contributed by atoms with van der Waals surface area (Å²) >= 11 is 5.98. The first-order valence-electron chi connectivity index (χ1n) is 5.90. The van der Waals surface area contributed by atoms with Crippen molar-refractivity contribution in [1.82, 2.24) is 9.97 Å². The number of hydrogen-bond donors (Lipinski definition) is 0. The Balaban J connectivity index is 2.05. The Morgan fingerprint density at radius 1 is 1.00 bits per heavy atom. The van der Waals surface area contributed by atoms with Gasteiger partial charge in [-0.1, -0.05) is 12.8 Å². The van der Waals surface area contributed by atoms with Gasteiger partial charge in [-0.25, -0.2) is 9.97 Å². The Hall–Kier alpha value is -0.630. The van der Waals surface area contributed by atoms with Crippen LogP contribution < -0.4 is 0 Å². The van der Waals surface area contributed by atoms with Crippen LogP contribution in [0.15, 0.2) is 0 Å². The Morgan fingerprint density at radius 3 is 2.60 bits per heavy atom. The van der Waals surface area contributed by atoms with Crippen molar-refractivity contribution in [2.45, 2.75) is 50.9 Å². The van der Waals surface area contributed by atoms with E-state index in [4.69, 9.17) is 11.6 Å². The molecule has 0 radical (unpaired) electrons. The molecule has 2 aliphatic rings. The molecule has 3 heteroatoms. The second kappa shape index (κ2) is 3.75. The smallest absolute Gasteiger partial charge is 0.222 e. The van der Waals surface area contributed by atoms with E-state index in [0.29, 0.717) is 11.2 Å². The minimum Gasteiger partial charge on any atom is -0.223 e. The van der Waals surface area contributed by atoms with Crippen LogP contribution in [0.25, 0.3) is 0 Å². The summed E-state index contributed by atoms with van der Waals surface area (Å²) in [7, 11) is 0. The minimum atomic E-state index is 0.456. The van der Waals surface area contributed by atoms with Gasteiger partial charge >= 0.3 is 0 Å². The second-order valence-electron chi connectivity index (χ2n) is 4.64. The van der Waals surface area contributed by atoms with Crippen molar-refractivity contribution in [3.05, 3.63) is 22.2 Å². The highest BCUT2D eigenvalue weighted by Gasteiger charge is 2.26. The highest BCUT2D eigenvalue weighted by molar-refractivity contribution is 6.28. The predicted molar refractivity (Wildman–Crippen MR) is 60.3 cm³/mol. The molecule has 0 atom stereocenters. The normalized spacial score (nSPS) is 20.9. The largest absolute Gasteiger partial charge is 0.223 e. The lowest BCUT2D eigenvalue weighted by Gasteiger charge is -2.13. The maximum atomic E-state index is 5.98. The van der Waals surface area contributed by atoms with Gasteiger partial charge in [0, 0.05) is 11.6 Å². The first-order valence-corrected chi connectivity index (χ1v) is 6.27. The molecule has 0 bridgehead atoms. The van der Waals surface area contributed by atoms with Gasteiger partial charge in [-0.3, -0.25) is 0 Å². The van der Waals surface area contributed by atoms with Crippen LogP contribution in [-0.4, -0.2) is 9.97 Å². The van der Waals surface area contributed by atoms with Gasteiger partial charge in [0.2, 0.25) is 5.28 Å². The molecule has 2 nitrogen and oxygen atoms in total. The zero-order valence-corrected chi connectivity index (χ0v) is 9.56. The molecule has 1 aromatic rings. The first kappa shape index (κ1) is 9.59. The standard InChI is InChI=1S/C12H15ClN2/c13-12-14-10-7-3-6-9(10)11(15-12)8-4-1-2-5-8/h8H,1-7H2. The maximum absolute atomic E-state index is 5.98. The van der Waals surface area contributed by atoms with E-state index in [-0.39, 0.29) is 0 Å². The molecule has 0 amide bonds. The summed E-state index contributed by atoms with van der Waals surface area (Å²) in [5.41, 5.74) is 3.92. The van der Waals surface area contributed by atoms with E-state index in [1.165, 1.54) is 55.5 Å². The van der Waals surface area contributed by atoms with Crippen molar-refractivity contribution < 1.29 is 0 Å². The molecule has 80 valence electrons. The van der Waals surface area contributed by atoms with Gasteiger partial charge < -0.3 is 0 Å². The van der Waals surface area contributed by atoms with Crippen molar-refractivity contribution in [1.29, 1.82) is 0 Å². The van der Waals surface area contributed by atoms with E-state index >= 15 is 0 Å². The number of fused-ring (bicyclic) bond motifs is 1. The summed E-state index contributed by atoms with van der Waals surface area (Å²) in [6.45, 7) is 0. The molecule has 15 heavy (non-hydrogen) atoms. The number of halogens is 1. The fraction of sp³-hybridized carbons (Fsp3) is 0.667. The minimum absolute atomic E-state index is 0.456. The summed E-state index contributed by atoms with van der Waals surface area (Å²) in [5, 5.41) is 0.456. The van der Waals surface area contributed by atoms with Gasteiger partial charge in [0.05, 0.1) is 5.69 Å². The summed E-state index contributed by atoms with van der Waals surface area (Å²) in [5.74, 6) is 0.664. The molecule has 1 aromatic heterocycles. The average molecular weight is 223 g/mol. The molecule has 1 fully saturated rings. The van der Waals surface area contributed by atoms with E-state index in [1.807, 2.05) is 0 Å². The third kappa shape index (κ3) is 1.65. The van der Waals surface area contributed by atoms with Crippen molar-refractivity contribution in [3.63, 3.8) is 0 Å². The molecule has 0 aromatic carbocycles. The number of nitrogens with zero attached hydrogens (tertiary/aromatic N) is 2. The van der Waals surface area contributed by atoms with Crippen LogP contribution in [0.1, 0.15) is 55.0 Å². The maximum Gasteiger partial charge on any atom is 0.222 e. The summed E-state index contributed by atoms with van der Waals surface area (Å²) in [4.78, 5) is 8.82. The third-order valence-electron chi connectivity index (χ3n) is 3.68. The van der Waals surface area contributed by atoms with Crippen molar-refractivity contribution in [2.75, 3.05) is 0 Å². The van der Waals surface area contributed by atoms with Gasteiger partial charge in [-0.05, 0) is 49.3 Å². The Bertz CT molecular complexity index is 383. The zero-order chi connectivity index (χ0) is 10.3. The quantitative estimate of drug-likeness (QED) is 0.682. The molecule has 2 aliphatic carbocycles. The lowest BCUT2D eigenvalue weighted by molar-refractivity contribution is 0.682. The molecule has 0 saturated heterocycles. The fourth-order valence-corrected chi connectivity index (χ4v) is 3.16. The van der Waals surface area contributed by atoms with Crippen molar-refractivity contribution >= 4 is 11.6 Å². The molecule has 0 N–H and O–H groups in total. The van der Waals surface area contributed by atoms with E-state index in [1.54, 1.807) is 0 Å². The number of rotatable bonds is 1. The molecular formula is C12H15ClN2. The van der Waals surface area contributed by atoms with Crippen LogP contribution in [0.4, 0.5) is 0 Å². The number of hydrogen-bond acceptors (Lipinski definition) is 2. The topological polar surface area (TPSA) is 25.8 Å². The number of aryl methyl sites for hydroxylation is 1. The Morgan fingerprint density at radius 2 is 1.80 bits per heavy atom. The Labute approximate surface area is 95.1 Å². The van der Waals surface area contributed by atoms with Crippen LogP contribution in [-0.2, 0) is 12.8 Å². The summed E-state index contributed by atoms with van der Waals surface area (Å²) in [6, 6.07) is 0. The van der Waals surface area contributed by atoms with Gasteiger partial charge in [0.1, 0.15) is 0 Å². The third-order valence-corrected chi connectivity index (χ3v) is 3.85. The van der Waals surface area contributed by atoms with E-state index in [9.17, 15) is 0 Å². The van der Waals surface area contributed by atoms with E-state index in [2.05, 4.69) is 9.97 Å². The van der Waals surface area contributed by atoms with Gasteiger partial charge in [0.15, 0.2) is 0 Å². The molecule has 0 unspecified atom stereocenters. The molecular weight excluding hydrogens is 208 g/mol. The monoisotopic (exact) mass is 222 g/mol. The first-order chi connectivity index (χ1) is 7.34. The van der Waals surface area contributed by atoms with Crippen molar-refractivity contribution in [2.24, 2.45) is 0 Å². The second-order valence-corrected chi connectivity index (χ2v) is 4.98. The SMILES string of the molecule is Clc1nc2c(c(C3CCCC3)n1)CCC2. The fourth-order valence-electron chi connectivity index (χ4n) is 2.97. The molecule has 1 heterocycles. The average Bonchev–Trinajstić information content (AvgIpc) is 2.86. The van der Waals surface area contributed by atoms with Crippen LogP contribution >= 0.6 is 11.6 Å². The molecule has 0 spiro atoms. The van der Waals surface area contributed by atoms with Crippen LogP contribution in [0.2, 0.25) is 5.28 Å². The lowest BCUT2D eigenvalue weighted by atomic mass is 9.98. The van der Waals surface area contributed by atoms with Crippen LogP contribution in [0.5, 0.6) is 0 Å². The zero-order valence-electron chi connectivity index (χ0n) is 8.80. The summed E-state index contributed by atoms with van der Waals surface area (Å²) < 4.78 is 0. The lowest BCUT2D eigenvalue weighted by Crippen LogP contribution is -2.05. The molecule has 3 rings (SSSR count). The molecule has 1 saturated carbocycles. The van der Waals surface area contributed by atoms with Gasteiger partial charge in [-0.2, -0.15) is 0 Å². The highest BCUT2D eigenvalue weighted by atomic mass is 35.5. The van der Waals surface area contributed by atoms with Crippen molar-refractivity contribution in [3.8, 4) is 0 Å². The highest BCUT2D eigenvalue weighted by Crippen LogP contribution is 2.37. The van der Waals surface area contributed by atoms with E-state index in [0.717, 1.165) is 6.42 Å².